The lowest BCUT2D eigenvalue weighted by atomic mass is 10.8. The molecule has 5 heteroatoms. The van der Waals surface area contributed by atoms with Crippen LogP contribution in [0.1, 0.15) is 0 Å². The molecule has 0 saturated carbocycles. The fraction of sp³-hybridized carbons (Fsp3) is 1.00. The van der Waals surface area contributed by atoms with Crippen molar-refractivity contribution >= 4 is 20.2 Å². The quantitative estimate of drug-likeness (QED) is 0.459. The Kier molecular flexibility index (Phi) is 1.29. The number of hydrogen-bond donors (Lipinski definition) is 0. The summed E-state index contributed by atoms with van der Waals surface area (Å²) in [6.07, 6.45) is 0. The molecule has 42 valence electrons. The Bertz CT molecular complexity index is 134. The summed E-state index contributed by atoms with van der Waals surface area (Å²) in [5, 5.41) is 0. The van der Waals surface area contributed by atoms with E-state index in [1.807, 2.05) is 0 Å². The Morgan fingerprint density at radius 2 is 1.86 bits per heavy atom. The van der Waals surface area contributed by atoms with Crippen LogP contribution in [0.4, 0.5) is 0 Å². The molecule has 1 rings (SSSR count). The summed E-state index contributed by atoms with van der Waals surface area (Å²) in [4.78, 5) is 0. The van der Waals surface area contributed by atoms with Crippen molar-refractivity contribution in [1.29, 1.82) is 0 Å². The molecule has 0 atom stereocenters. The predicted molar refractivity (Wildman–Crippen MR) is 27.4 cm³/mol. The molecule has 0 radical (unpaired) electrons. The summed E-state index contributed by atoms with van der Waals surface area (Å²) < 4.78 is 19.3. The fourth-order valence-electron chi connectivity index (χ4n) is 0.306. The Balaban J connectivity index is 2.76. The highest BCUT2D eigenvalue weighted by molar-refractivity contribution is 8.27. The molecule has 0 N–H and O–H groups in total. The van der Waals surface area contributed by atoms with E-state index in [9.17, 15) is 4.21 Å². The molecule has 1 aliphatic rings. The monoisotopic (exact) mass is 140 g/mol. The minimum absolute atomic E-state index is 0.363. The second kappa shape index (κ2) is 1.66. The SMILES string of the molecule is O=S1(=S)OCCO1. The van der Waals surface area contributed by atoms with Gasteiger partial charge in [-0.05, 0) is 0 Å². The van der Waals surface area contributed by atoms with Crippen LogP contribution in [0.25, 0.3) is 0 Å². The normalized spacial score (nSPS) is 28.0. The minimum Gasteiger partial charge on any atom is -0.267 e. The van der Waals surface area contributed by atoms with Crippen molar-refractivity contribution in [2.45, 2.75) is 0 Å². The second-order valence-corrected chi connectivity index (χ2v) is 3.56. The van der Waals surface area contributed by atoms with Crippen LogP contribution >= 0.6 is 0 Å². The van der Waals surface area contributed by atoms with E-state index in [1.54, 1.807) is 0 Å². The van der Waals surface area contributed by atoms with Gasteiger partial charge in [-0.15, -0.1) is 0 Å². The largest absolute Gasteiger partial charge is 0.269 e. The van der Waals surface area contributed by atoms with Crippen LogP contribution in [-0.4, -0.2) is 17.4 Å². The highest BCUT2D eigenvalue weighted by Crippen LogP contribution is 2.03. The maximum absolute atomic E-state index is 10.4. The molecule has 0 amide bonds. The zero-order chi connectivity index (χ0) is 5.33. The molecule has 0 bridgehead atoms. The van der Waals surface area contributed by atoms with Gasteiger partial charge in [0, 0.05) is 11.2 Å². The van der Waals surface area contributed by atoms with E-state index in [2.05, 4.69) is 19.6 Å². The first-order valence-electron chi connectivity index (χ1n) is 1.74. The zero-order valence-electron chi connectivity index (χ0n) is 3.46. The predicted octanol–water partition coefficient (Wildman–Crippen LogP) is -0.391. The maximum Gasteiger partial charge on any atom is 0.269 e. The molecule has 7 heavy (non-hydrogen) atoms. The molecule has 1 heterocycles. The van der Waals surface area contributed by atoms with E-state index in [4.69, 9.17) is 0 Å². The summed E-state index contributed by atoms with van der Waals surface area (Å²) in [6.45, 7) is 0.727. The minimum atomic E-state index is -2.71. The molecule has 0 aromatic heterocycles. The van der Waals surface area contributed by atoms with Gasteiger partial charge in [0.05, 0.1) is 13.2 Å². The van der Waals surface area contributed by atoms with Crippen LogP contribution in [0.15, 0.2) is 0 Å². The van der Waals surface area contributed by atoms with Gasteiger partial charge in [0.2, 0.25) is 0 Å². The lowest BCUT2D eigenvalue weighted by Gasteiger charge is -1.87. The highest BCUT2D eigenvalue weighted by atomic mass is 32.9. The Morgan fingerprint density at radius 3 is 2.00 bits per heavy atom. The van der Waals surface area contributed by atoms with Crippen LogP contribution in [0, 0.1) is 0 Å². The lowest BCUT2D eigenvalue weighted by molar-refractivity contribution is 0.365. The second-order valence-electron chi connectivity index (χ2n) is 1.05. The summed E-state index contributed by atoms with van der Waals surface area (Å²) in [7, 11) is -2.71. The molecule has 0 aromatic carbocycles. The van der Waals surface area contributed by atoms with Crippen molar-refractivity contribution in [3.05, 3.63) is 0 Å². The molecule has 0 spiro atoms. The van der Waals surface area contributed by atoms with Crippen LogP contribution in [0.2, 0.25) is 0 Å². The van der Waals surface area contributed by atoms with Crippen molar-refractivity contribution < 1.29 is 12.6 Å². The summed E-state index contributed by atoms with van der Waals surface area (Å²) >= 11 is 4.29. The van der Waals surface area contributed by atoms with Crippen molar-refractivity contribution in [2.24, 2.45) is 0 Å². The average molecular weight is 140 g/mol. The van der Waals surface area contributed by atoms with Gasteiger partial charge in [-0.25, -0.2) is 0 Å². The van der Waals surface area contributed by atoms with Gasteiger partial charge in [-0.2, -0.15) is 4.21 Å². The molecule has 1 fully saturated rings. The maximum atomic E-state index is 10.4. The standard InChI is InChI=1S/C2H4O3S2/c3-7(6)4-1-2-5-7/h1-2H2. The fourth-order valence-corrected chi connectivity index (χ4v) is 1.33. The summed E-state index contributed by atoms with van der Waals surface area (Å²) in [6, 6.07) is 0. The Labute approximate surface area is 46.7 Å². The molecule has 0 unspecified atom stereocenters. The van der Waals surface area contributed by atoms with E-state index in [0.717, 1.165) is 0 Å². The molecule has 1 aliphatic heterocycles. The van der Waals surface area contributed by atoms with Crippen LogP contribution in [0.5, 0.6) is 0 Å². The third kappa shape index (κ3) is 1.34. The third-order valence-corrected chi connectivity index (χ3v) is 2.03. The molecular weight excluding hydrogens is 136 g/mol. The molecule has 0 aliphatic carbocycles. The molecular formula is C2H4O3S2. The first-order valence-corrected chi connectivity index (χ1v) is 4.08. The van der Waals surface area contributed by atoms with Crippen molar-refractivity contribution in [3.8, 4) is 0 Å². The van der Waals surface area contributed by atoms with Gasteiger partial charge in [0.15, 0.2) is 0 Å². The highest BCUT2D eigenvalue weighted by Gasteiger charge is 2.13. The number of rotatable bonds is 0. The topological polar surface area (TPSA) is 35.5 Å². The van der Waals surface area contributed by atoms with Crippen molar-refractivity contribution in [1.82, 2.24) is 0 Å². The van der Waals surface area contributed by atoms with Gasteiger partial charge in [-0.1, -0.05) is 0 Å². The van der Waals surface area contributed by atoms with Crippen LogP contribution in [-0.2, 0) is 28.6 Å². The van der Waals surface area contributed by atoms with E-state index in [1.165, 1.54) is 0 Å². The van der Waals surface area contributed by atoms with Gasteiger partial charge in [-0.3, -0.25) is 8.37 Å². The van der Waals surface area contributed by atoms with Crippen LogP contribution in [0.3, 0.4) is 0 Å². The molecule has 1 saturated heterocycles. The smallest absolute Gasteiger partial charge is 0.267 e. The first-order chi connectivity index (χ1) is 3.21. The average Bonchev–Trinajstić information content (AvgIpc) is 1.84. The summed E-state index contributed by atoms with van der Waals surface area (Å²) in [5.74, 6) is 0. The van der Waals surface area contributed by atoms with Gasteiger partial charge >= 0.3 is 0 Å². The van der Waals surface area contributed by atoms with E-state index in [0.29, 0.717) is 13.2 Å². The Hall–Kier alpha value is 0.290. The van der Waals surface area contributed by atoms with Crippen molar-refractivity contribution in [3.63, 3.8) is 0 Å². The lowest BCUT2D eigenvalue weighted by Crippen LogP contribution is -1.92. The van der Waals surface area contributed by atoms with Gasteiger partial charge in [0.25, 0.3) is 9.05 Å². The van der Waals surface area contributed by atoms with Crippen LogP contribution < -0.4 is 0 Å². The number of hydrogen-bond acceptors (Lipinski definition) is 4. The third-order valence-electron chi connectivity index (χ3n) is 0.539. The van der Waals surface area contributed by atoms with Crippen molar-refractivity contribution in [2.75, 3.05) is 13.2 Å². The molecule has 3 nitrogen and oxygen atoms in total. The summed E-state index contributed by atoms with van der Waals surface area (Å²) in [5.41, 5.74) is 0. The van der Waals surface area contributed by atoms with E-state index < -0.39 is 9.05 Å². The zero-order valence-corrected chi connectivity index (χ0v) is 5.09. The van der Waals surface area contributed by atoms with E-state index >= 15 is 0 Å². The first kappa shape index (κ1) is 5.43. The Morgan fingerprint density at radius 1 is 1.43 bits per heavy atom. The molecule has 0 aromatic rings. The van der Waals surface area contributed by atoms with E-state index in [-0.39, 0.29) is 0 Å². The van der Waals surface area contributed by atoms with Gasteiger partial charge < -0.3 is 0 Å². The van der Waals surface area contributed by atoms with Gasteiger partial charge in [0.1, 0.15) is 0 Å².